The Hall–Kier alpha value is -2.88. The average molecular weight is 376 g/mol. The monoisotopic (exact) mass is 376 g/mol. The average Bonchev–Trinajstić information content (AvgIpc) is 2.67. The third kappa shape index (κ3) is 3.72. The molecule has 4 heteroatoms. The summed E-state index contributed by atoms with van der Waals surface area (Å²) in [5, 5.41) is 0.867. The predicted octanol–water partition coefficient (Wildman–Crippen LogP) is 5.50. The summed E-state index contributed by atoms with van der Waals surface area (Å²) in [7, 11) is 0. The first-order valence-electron chi connectivity index (χ1n) is 9.86. The standard InChI is InChI=1S/C24H24O4/c1-15-6-5-8-19(12-15)27-23(25)18-10-11-20(16(2)13-18)21-14-17-7-3-4-9-22(17)28-24(21)26/h3-4,7,9-11,13-15,19H,5-6,8,12H2,1-2H3. The summed E-state index contributed by atoms with van der Waals surface area (Å²) in [5.74, 6) is 0.307. The zero-order chi connectivity index (χ0) is 19.7. The van der Waals surface area contributed by atoms with Gasteiger partial charge in [0.15, 0.2) is 0 Å². The maximum absolute atomic E-state index is 12.6. The second kappa shape index (κ2) is 7.63. The quantitative estimate of drug-likeness (QED) is 0.447. The highest BCUT2D eigenvalue weighted by atomic mass is 16.5. The van der Waals surface area contributed by atoms with Gasteiger partial charge in [-0.2, -0.15) is 0 Å². The molecule has 0 amide bonds. The fourth-order valence-electron chi connectivity index (χ4n) is 4.05. The Morgan fingerprint density at radius 3 is 2.68 bits per heavy atom. The van der Waals surface area contributed by atoms with Crippen molar-refractivity contribution in [3.05, 3.63) is 70.1 Å². The van der Waals surface area contributed by atoms with E-state index in [0.29, 0.717) is 22.6 Å². The topological polar surface area (TPSA) is 56.5 Å². The highest BCUT2D eigenvalue weighted by Crippen LogP contribution is 2.28. The summed E-state index contributed by atoms with van der Waals surface area (Å²) < 4.78 is 11.2. The molecule has 0 N–H and O–H groups in total. The molecule has 1 aliphatic carbocycles. The number of carbonyl (C=O) groups is 1. The molecule has 0 bridgehead atoms. The molecule has 1 aliphatic rings. The van der Waals surface area contributed by atoms with Gasteiger partial charge < -0.3 is 9.15 Å². The molecule has 1 aromatic heterocycles. The van der Waals surface area contributed by atoms with Gasteiger partial charge in [-0.25, -0.2) is 9.59 Å². The zero-order valence-corrected chi connectivity index (χ0v) is 16.2. The second-order valence-electron chi connectivity index (χ2n) is 7.81. The Bertz CT molecular complexity index is 1080. The van der Waals surface area contributed by atoms with Crippen molar-refractivity contribution in [1.82, 2.24) is 0 Å². The fourth-order valence-corrected chi connectivity index (χ4v) is 4.05. The van der Waals surface area contributed by atoms with E-state index in [1.54, 1.807) is 24.3 Å². The van der Waals surface area contributed by atoms with Gasteiger partial charge in [-0.05, 0) is 67.5 Å². The number of fused-ring (bicyclic) bond motifs is 1. The van der Waals surface area contributed by atoms with Gasteiger partial charge in [0.05, 0.1) is 11.1 Å². The molecule has 144 valence electrons. The lowest BCUT2D eigenvalue weighted by molar-refractivity contribution is 0.0155. The highest BCUT2D eigenvalue weighted by molar-refractivity contribution is 5.91. The van der Waals surface area contributed by atoms with Crippen molar-refractivity contribution >= 4 is 16.9 Å². The van der Waals surface area contributed by atoms with Crippen molar-refractivity contribution in [2.24, 2.45) is 5.92 Å². The van der Waals surface area contributed by atoms with E-state index in [9.17, 15) is 9.59 Å². The molecular formula is C24H24O4. The van der Waals surface area contributed by atoms with Crippen molar-refractivity contribution in [3.8, 4) is 11.1 Å². The molecule has 1 heterocycles. The maximum atomic E-state index is 12.6. The summed E-state index contributed by atoms with van der Waals surface area (Å²) in [6.07, 6.45) is 4.18. The Balaban J connectivity index is 1.60. The van der Waals surface area contributed by atoms with Crippen molar-refractivity contribution in [2.75, 3.05) is 0 Å². The first kappa shape index (κ1) is 18.5. The number of rotatable bonds is 3. The molecule has 2 atom stereocenters. The fraction of sp³-hybridized carbons (Fsp3) is 0.333. The molecule has 2 unspecified atom stereocenters. The van der Waals surface area contributed by atoms with Gasteiger partial charge in [0, 0.05) is 5.39 Å². The predicted molar refractivity (Wildman–Crippen MR) is 109 cm³/mol. The van der Waals surface area contributed by atoms with E-state index in [2.05, 4.69) is 6.92 Å². The van der Waals surface area contributed by atoms with E-state index in [1.165, 1.54) is 6.42 Å². The van der Waals surface area contributed by atoms with Gasteiger partial charge in [-0.15, -0.1) is 0 Å². The smallest absolute Gasteiger partial charge is 0.344 e. The van der Waals surface area contributed by atoms with E-state index in [4.69, 9.17) is 9.15 Å². The molecule has 0 saturated heterocycles. The largest absolute Gasteiger partial charge is 0.459 e. The van der Waals surface area contributed by atoms with Crippen molar-refractivity contribution in [3.63, 3.8) is 0 Å². The van der Waals surface area contributed by atoms with Gasteiger partial charge in [0.2, 0.25) is 0 Å². The van der Waals surface area contributed by atoms with E-state index >= 15 is 0 Å². The second-order valence-corrected chi connectivity index (χ2v) is 7.81. The molecule has 0 radical (unpaired) electrons. The summed E-state index contributed by atoms with van der Waals surface area (Å²) in [5.41, 5.74) is 2.81. The number of benzene rings is 2. The van der Waals surface area contributed by atoms with E-state index < -0.39 is 0 Å². The Labute approximate surface area is 164 Å². The lowest BCUT2D eigenvalue weighted by atomic mass is 9.88. The Kier molecular flexibility index (Phi) is 5.03. The first-order chi connectivity index (χ1) is 13.5. The number of hydrogen-bond donors (Lipinski definition) is 0. The molecule has 4 rings (SSSR count). The third-order valence-corrected chi connectivity index (χ3v) is 5.56. The minimum absolute atomic E-state index is 0.00349. The van der Waals surface area contributed by atoms with Crippen LogP contribution in [0.2, 0.25) is 0 Å². The molecule has 4 nitrogen and oxygen atoms in total. The molecule has 1 fully saturated rings. The van der Waals surface area contributed by atoms with E-state index in [-0.39, 0.29) is 17.7 Å². The number of hydrogen-bond acceptors (Lipinski definition) is 4. The van der Waals surface area contributed by atoms with Gasteiger partial charge >= 0.3 is 11.6 Å². The molecule has 3 aromatic rings. The molecule has 0 spiro atoms. The number of carbonyl (C=O) groups excluding carboxylic acids is 1. The highest BCUT2D eigenvalue weighted by Gasteiger charge is 2.23. The number of para-hydroxylation sites is 1. The van der Waals surface area contributed by atoms with Crippen LogP contribution in [0.4, 0.5) is 0 Å². The lowest BCUT2D eigenvalue weighted by Gasteiger charge is -2.26. The third-order valence-electron chi connectivity index (χ3n) is 5.56. The van der Waals surface area contributed by atoms with Crippen LogP contribution in [0.25, 0.3) is 22.1 Å². The van der Waals surface area contributed by atoms with Crippen molar-refractivity contribution < 1.29 is 13.9 Å². The van der Waals surface area contributed by atoms with Crippen LogP contribution in [-0.4, -0.2) is 12.1 Å². The molecule has 1 saturated carbocycles. The molecular weight excluding hydrogens is 352 g/mol. The summed E-state index contributed by atoms with van der Waals surface area (Å²) in [6, 6.07) is 14.6. The van der Waals surface area contributed by atoms with E-state index in [1.807, 2.05) is 31.2 Å². The van der Waals surface area contributed by atoms with Crippen LogP contribution in [-0.2, 0) is 4.74 Å². The summed E-state index contributed by atoms with van der Waals surface area (Å²) in [6.45, 7) is 4.09. The van der Waals surface area contributed by atoms with Gasteiger partial charge in [0.25, 0.3) is 0 Å². The number of ether oxygens (including phenoxy) is 1. The van der Waals surface area contributed by atoms with Crippen LogP contribution in [0.5, 0.6) is 0 Å². The molecule has 28 heavy (non-hydrogen) atoms. The normalized spacial score (nSPS) is 19.5. The zero-order valence-electron chi connectivity index (χ0n) is 16.2. The first-order valence-corrected chi connectivity index (χ1v) is 9.86. The molecule has 0 aliphatic heterocycles. The van der Waals surface area contributed by atoms with Crippen LogP contribution in [0.3, 0.4) is 0 Å². The van der Waals surface area contributed by atoms with Crippen LogP contribution in [0.1, 0.15) is 48.5 Å². The minimum atomic E-state index is -0.381. The van der Waals surface area contributed by atoms with Crippen LogP contribution in [0, 0.1) is 12.8 Å². The number of esters is 1. The maximum Gasteiger partial charge on any atom is 0.344 e. The Morgan fingerprint density at radius 2 is 1.89 bits per heavy atom. The van der Waals surface area contributed by atoms with Crippen LogP contribution in [0.15, 0.2) is 57.7 Å². The lowest BCUT2D eigenvalue weighted by Crippen LogP contribution is -2.24. The van der Waals surface area contributed by atoms with E-state index in [0.717, 1.165) is 35.8 Å². The summed E-state index contributed by atoms with van der Waals surface area (Å²) in [4.78, 5) is 25.0. The van der Waals surface area contributed by atoms with Crippen LogP contribution < -0.4 is 5.63 Å². The number of aryl methyl sites for hydroxylation is 1. The Morgan fingerprint density at radius 1 is 1.07 bits per heavy atom. The summed E-state index contributed by atoms with van der Waals surface area (Å²) >= 11 is 0. The van der Waals surface area contributed by atoms with Crippen LogP contribution >= 0.6 is 0 Å². The van der Waals surface area contributed by atoms with Gasteiger partial charge in [-0.3, -0.25) is 0 Å². The molecule has 2 aromatic carbocycles. The van der Waals surface area contributed by atoms with Crippen molar-refractivity contribution in [1.29, 1.82) is 0 Å². The SMILES string of the molecule is Cc1cc(C(=O)OC2CCCC(C)C2)ccc1-c1cc2ccccc2oc1=O. The van der Waals surface area contributed by atoms with Gasteiger partial charge in [0.1, 0.15) is 11.7 Å². The minimum Gasteiger partial charge on any atom is -0.459 e. The van der Waals surface area contributed by atoms with Crippen molar-refractivity contribution in [2.45, 2.75) is 45.6 Å². The van der Waals surface area contributed by atoms with Gasteiger partial charge in [-0.1, -0.05) is 37.6 Å².